The first-order valence-corrected chi connectivity index (χ1v) is 4.59. The Morgan fingerprint density at radius 3 is 2.54 bits per heavy atom. The van der Waals surface area contributed by atoms with Crippen LogP contribution in [0.5, 0.6) is 0 Å². The van der Waals surface area contributed by atoms with Crippen molar-refractivity contribution < 1.29 is 9.53 Å². The van der Waals surface area contributed by atoms with Crippen LogP contribution in [0.25, 0.3) is 0 Å². The van der Waals surface area contributed by atoms with Crippen LogP contribution in [0.4, 0.5) is 0 Å². The molecule has 0 bridgehead atoms. The monoisotopic (exact) mass is 186 g/mol. The summed E-state index contributed by atoms with van der Waals surface area (Å²) in [6, 6.07) is 0.109. The number of ether oxygens (including phenoxy) is 1. The third kappa shape index (κ3) is 2.97. The van der Waals surface area contributed by atoms with Gasteiger partial charge in [0.2, 0.25) is 0 Å². The average Bonchev–Trinajstić information content (AvgIpc) is 2.33. The molecular formula is C9H18N2O2. The average molecular weight is 186 g/mol. The fourth-order valence-electron chi connectivity index (χ4n) is 1.12. The molecule has 1 rings (SSSR count). The van der Waals surface area contributed by atoms with Gasteiger partial charge in [-0.2, -0.15) is 0 Å². The highest BCUT2D eigenvalue weighted by molar-refractivity contribution is 5.75. The molecule has 3 N–H and O–H groups in total. The molecule has 1 heterocycles. The Morgan fingerprint density at radius 2 is 2.15 bits per heavy atom. The standard InChI is InChI=1S/C9H18N2O2/c1-9(2,3)8(12)13-7-4-6(10)5-11-7/h6-7,11H,4-5,10H2,1-3H3/t6-,7?/m1/s1. The van der Waals surface area contributed by atoms with Crippen molar-refractivity contribution >= 4 is 5.97 Å². The van der Waals surface area contributed by atoms with E-state index in [4.69, 9.17) is 10.5 Å². The maximum atomic E-state index is 11.4. The molecule has 13 heavy (non-hydrogen) atoms. The van der Waals surface area contributed by atoms with Gasteiger partial charge in [-0.05, 0) is 20.8 Å². The van der Waals surface area contributed by atoms with Gasteiger partial charge in [-0.25, -0.2) is 0 Å². The number of nitrogens with one attached hydrogen (secondary N) is 1. The Kier molecular flexibility index (Phi) is 2.93. The second kappa shape index (κ2) is 3.64. The zero-order valence-electron chi connectivity index (χ0n) is 8.46. The molecule has 1 aliphatic rings. The molecule has 0 aliphatic carbocycles. The van der Waals surface area contributed by atoms with Crippen LogP contribution in [-0.2, 0) is 9.53 Å². The van der Waals surface area contributed by atoms with Gasteiger partial charge in [0.05, 0.1) is 5.41 Å². The Morgan fingerprint density at radius 1 is 1.54 bits per heavy atom. The molecule has 76 valence electrons. The van der Waals surface area contributed by atoms with Crippen molar-refractivity contribution in [1.29, 1.82) is 0 Å². The molecule has 4 heteroatoms. The highest BCUT2D eigenvalue weighted by Crippen LogP contribution is 2.18. The van der Waals surface area contributed by atoms with Gasteiger partial charge in [0.25, 0.3) is 0 Å². The highest BCUT2D eigenvalue weighted by atomic mass is 16.6. The number of carbonyl (C=O) groups excluding carboxylic acids is 1. The number of hydrogen-bond donors (Lipinski definition) is 2. The normalized spacial score (nSPS) is 28.9. The molecule has 0 aromatic carbocycles. The Hall–Kier alpha value is -0.610. The number of hydrogen-bond acceptors (Lipinski definition) is 4. The van der Waals surface area contributed by atoms with E-state index in [9.17, 15) is 4.79 Å². The first-order valence-electron chi connectivity index (χ1n) is 4.59. The van der Waals surface area contributed by atoms with E-state index >= 15 is 0 Å². The smallest absolute Gasteiger partial charge is 0.312 e. The fraction of sp³-hybridized carbons (Fsp3) is 0.889. The fourth-order valence-corrected chi connectivity index (χ4v) is 1.12. The SMILES string of the molecule is CC(C)(C)C(=O)OC1C[C@@H](N)CN1. The quantitative estimate of drug-likeness (QED) is 0.575. The molecule has 4 nitrogen and oxygen atoms in total. The summed E-state index contributed by atoms with van der Waals surface area (Å²) in [5, 5.41) is 3.04. The van der Waals surface area contributed by atoms with Gasteiger partial charge in [-0.3, -0.25) is 10.1 Å². The van der Waals surface area contributed by atoms with E-state index in [1.165, 1.54) is 0 Å². The maximum absolute atomic E-state index is 11.4. The number of esters is 1. The predicted octanol–water partition coefficient (Wildman–Crippen LogP) is 0.222. The lowest BCUT2D eigenvalue weighted by Gasteiger charge is -2.20. The van der Waals surface area contributed by atoms with Gasteiger partial charge < -0.3 is 10.5 Å². The summed E-state index contributed by atoms with van der Waals surface area (Å²) in [5.74, 6) is -0.181. The summed E-state index contributed by atoms with van der Waals surface area (Å²) < 4.78 is 5.22. The summed E-state index contributed by atoms with van der Waals surface area (Å²) in [5.41, 5.74) is 5.22. The summed E-state index contributed by atoms with van der Waals surface area (Å²) in [6.07, 6.45) is 0.517. The van der Waals surface area contributed by atoms with Crippen LogP contribution < -0.4 is 11.1 Å². The lowest BCUT2D eigenvalue weighted by Crippen LogP contribution is -2.33. The molecule has 1 aliphatic heterocycles. The second-order valence-electron chi connectivity index (χ2n) is 4.55. The van der Waals surface area contributed by atoms with E-state index in [1.54, 1.807) is 0 Å². The molecule has 0 radical (unpaired) electrons. The van der Waals surface area contributed by atoms with Crippen molar-refractivity contribution in [3.05, 3.63) is 0 Å². The van der Waals surface area contributed by atoms with Gasteiger partial charge in [0.1, 0.15) is 0 Å². The zero-order chi connectivity index (χ0) is 10.1. The van der Waals surface area contributed by atoms with E-state index in [2.05, 4.69) is 5.32 Å². The number of nitrogens with two attached hydrogens (primary N) is 1. The largest absolute Gasteiger partial charge is 0.446 e. The predicted molar refractivity (Wildman–Crippen MR) is 49.9 cm³/mol. The molecule has 2 atom stereocenters. The lowest BCUT2D eigenvalue weighted by molar-refractivity contribution is -0.159. The molecule has 0 aromatic rings. The highest BCUT2D eigenvalue weighted by Gasteiger charge is 2.29. The summed E-state index contributed by atoms with van der Waals surface area (Å²) >= 11 is 0. The van der Waals surface area contributed by atoms with Crippen LogP contribution in [0.3, 0.4) is 0 Å². The Balaban J connectivity index is 2.37. The molecule has 0 saturated carbocycles. The van der Waals surface area contributed by atoms with Gasteiger partial charge >= 0.3 is 5.97 Å². The first kappa shape index (κ1) is 10.5. The van der Waals surface area contributed by atoms with Crippen LogP contribution in [0.1, 0.15) is 27.2 Å². The molecule has 1 saturated heterocycles. The molecule has 0 spiro atoms. The molecule has 0 amide bonds. The van der Waals surface area contributed by atoms with Gasteiger partial charge in [0.15, 0.2) is 6.23 Å². The van der Waals surface area contributed by atoms with E-state index in [0.29, 0.717) is 6.42 Å². The van der Waals surface area contributed by atoms with Gasteiger partial charge in [0, 0.05) is 19.0 Å². The number of rotatable bonds is 1. The van der Waals surface area contributed by atoms with Crippen LogP contribution in [0.15, 0.2) is 0 Å². The van der Waals surface area contributed by atoms with Crippen LogP contribution in [0.2, 0.25) is 0 Å². The maximum Gasteiger partial charge on any atom is 0.312 e. The van der Waals surface area contributed by atoms with E-state index in [-0.39, 0.29) is 18.2 Å². The van der Waals surface area contributed by atoms with Crippen molar-refractivity contribution in [3.63, 3.8) is 0 Å². The number of carbonyl (C=O) groups is 1. The Labute approximate surface area is 78.8 Å². The van der Waals surface area contributed by atoms with Crippen molar-refractivity contribution in [2.45, 2.75) is 39.5 Å². The third-order valence-corrected chi connectivity index (χ3v) is 1.99. The van der Waals surface area contributed by atoms with E-state index < -0.39 is 5.41 Å². The van der Waals surface area contributed by atoms with E-state index in [1.807, 2.05) is 20.8 Å². The Bertz CT molecular complexity index is 198. The van der Waals surface area contributed by atoms with Crippen molar-refractivity contribution in [2.24, 2.45) is 11.1 Å². The summed E-state index contributed by atoms with van der Waals surface area (Å²) in [6.45, 7) is 6.24. The van der Waals surface area contributed by atoms with E-state index in [0.717, 1.165) is 6.54 Å². The van der Waals surface area contributed by atoms with Gasteiger partial charge in [-0.15, -0.1) is 0 Å². The molecule has 1 unspecified atom stereocenters. The zero-order valence-corrected chi connectivity index (χ0v) is 8.46. The van der Waals surface area contributed by atoms with Crippen molar-refractivity contribution in [1.82, 2.24) is 5.32 Å². The second-order valence-corrected chi connectivity index (χ2v) is 4.55. The summed E-state index contributed by atoms with van der Waals surface area (Å²) in [7, 11) is 0. The van der Waals surface area contributed by atoms with Crippen LogP contribution in [0, 0.1) is 5.41 Å². The minimum atomic E-state index is -0.436. The lowest BCUT2D eigenvalue weighted by atomic mass is 9.97. The topological polar surface area (TPSA) is 64.3 Å². The molecule has 0 aromatic heterocycles. The van der Waals surface area contributed by atoms with Crippen LogP contribution in [-0.4, -0.2) is 24.8 Å². The van der Waals surface area contributed by atoms with Crippen molar-refractivity contribution in [3.8, 4) is 0 Å². The van der Waals surface area contributed by atoms with Crippen molar-refractivity contribution in [2.75, 3.05) is 6.54 Å². The van der Waals surface area contributed by atoms with Gasteiger partial charge in [-0.1, -0.05) is 0 Å². The molecular weight excluding hydrogens is 168 g/mol. The minimum Gasteiger partial charge on any atom is -0.446 e. The minimum absolute atomic E-state index is 0.109. The molecule has 1 fully saturated rings. The first-order chi connectivity index (χ1) is 5.89. The summed E-state index contributed by atoms with van der Waals surface area (Å²) in [4.78, 5) is 11.4. The van der Waals surface area contributed by atoms with Crippen LogP contribution >= 0.6 is 0 Å². The third-order valence-electron chi connectivity index (χ3n) is 1.99.